The summed E-state index contributed by atoms with van der Waals surface area (Å²) in [5, 5.41) is 2.42. The number of carbonyl (C=O) groups is 1. The van der Waals surface area contributed by atoms with E-state index in [0.717, 1.165) is 22.4 Å². The Hall–Kier alpha value is -2.72. The minimum Gasteiger partial charge on any atom is -0.317 e. The molecule has 4 heteroatoms. The molecule has 1 heterocycles. The van der Waals surface area contributed by atoms with Gasteiger partial charge in [0, 0.05) is 11.9 Å². The Bertz CT molecular complexity index is 1120. The molecule has 0 radical (unpaired) electrons. The first-order chi connectivity index (χ1) is 12.3. The van der Waals surface area contributed by atoms with Crippen molar-refractivity contribution in [1.29, 1.82) is 0 Å². The Labute approximate surface area is 149 Å². The lowest BCUT2D eigenvalue weighted by Gasteiger charge is -2.02. The van der Waals surface area contributed by atoms with E-state index in [1.807, 2.05) is 36.4 Å². The lowest BCUT2D eigenvalue weighted by Crippen LogP contribution is -2.16. The summed E-state index contributed by atoms with van der Waals surface area (Å²) in [6, 6.07) is 22.4. The second kappa shape index (κ2) is 6.65. The van der Waals surface area contributed by atoms with Crippen molar-refractivity contribution >= 4 is 38.2 Å². The molecule has 0 fully saturated rings. The van der Waals surface area contributed by atoms with Crippen molar-refractivity contribution in [2.75, 3.05) is 0 Å². The molecular formula is C21H18N2OS. The molecule has 0 saturated heterocycles. The van der Waals surface area contributed by atoms with Gasteiger partial charge in [0.15, 0.2) is 4.80 Å². The van der Waals surface area contributed by atoms with Crippen LogP contribution in [0.25, 0.3) is 21.0 Å². The molecule has 3 aromatic carbocycles. The molecule has 124 valence electrons. The Morgan fingerprint density at radius 1 is 1.00 bits per heavy atom. The van der Waals surface area contributed by atoms with E-state index in [-0.39, 0.29) is 5.91 Å². The average molecular weight is 346 g/mol. The molecule has 1 aromatic heterocycles. The smallest absolute Gasteiger partial charge is 0.252 e. The standard InChI is InChI=1S/C21H18N2OS/c1-2-23-18-13-12-16-10-6-7-11-17(16)20(18)25-21(23)22-19(24)14-15-8-4-3-5-9-15/h3-13H,2,14H2,1H3. The first-order valence-electron chi connectivity index (χ1n) is 8.39. The predicted octanol–water partition coefficient (Wildman–Crippen LogP) is 4.55. The highest BCUT2D eigenvalue weighted by atomic mass is 32.1. The summed E-state index contributed by atoms with van der Waals surface area (Å²) in [6.45, 7) is 2.87. The van der Waals surface area contributed by atoms with Crippen molar-refractivity contribution in [3.8, 4) is 0 Å². The Morgan fingerprint density at radius 2 is 1.76 bits per heavy atom. The quantitative estimate of drug-likeness (QED) is 0.536. The van der Waals surface area contributed by atoms with Crippen LogP contribution in [-0.4, -0.2) is 10.5 Å². The van der Waals surface area contributed by atoms with Crippen molar-refractivity contribution in [3.63, 3.8) is 0 Å². The number of amides is 1. The van der Waals surface area contributed by atoms with Gasteiger partial charge in [-0.3, -0.25) is 4.79 Å². The normalized spacial score (nSPS) is 12.1. The minimum atomic E-state index is -0.107. The van der Waals surface area contributed by atoms with Crippen LogP contribution < -0.4 is 4.80 Å². The van der Waals surface area contributed by atoms with Crippen LogP contribution >= 0.6 is 11.3 Å². The Balaban J connectivity index is 1.83. The van der Waals surface area contributed by atoms with Gasteiger partial charge in [-0.1, -0.05) is 72.0 Å². The van der Waals surface area contributed by atoms with E-state index in [1.165, 1.54) is 15.5 Å². The van der Waals surface area contributed by atoms with Crippen molar-refractivity contribution in [2.24, 2.45) is 4.99 Å². The number of thiazole rings is 1. The third-order valence-electron chi connectivity index (χ3n) is 4.31. The van der Waals surface area contributed by atoms with Crippen molar-refractivity contribution in [1.82, 2.24) is 4.57 Å². The molecule has 0 bridgehead atoms. The lowest BCUT2D eigenvalue weighted by atomic mass is 10.1. The van der Waals surface area contributed by atoms with Gasteiger partial charge in [-0.2, -0.15) is 4.99 Å². The molecule has 1 amide bonds. The highest BCUT2D eigenvalue weighted by Gasteiger charge is 2.10. The van der Waals surface area contributed by atoms with Gasteiger partial charge < -0.3 is 4.57 Å². The summed E-state index contributed by atoms with van der Waals surface area (Å²) >= 11 is 1.59. The molecule has 25 heavy (non-hydrogen) atoms. The third-order valence-corrected chi connectivity index (χ3v) is 5.44. The SMILES string of the molecule is CCn1c(=NC(=O)Cc2ccccc2)sc2c3ccccc3ccc21. The number of nitrogens with zero attached hydrogens (tertiary/aromatic N) is 2. The second-order valence-electron chi connectivity index (χ2n) is 5.93. The molecule has 4 aromatic rings. The largest absolute Gasteiger partial charge is 0.317 e. The third kappa shape index (κ3) is 3.01. The zero-order valence-electron chi connectivity index (χ0n) is 14.0. The molecule has 0 aliphatic carbocycles. The summed E-state index contributed by atoms with van der Waals surface area (Å²) in [7, 11) is 0. The van der Waals surface area contributed by atoms with Crippen LogP contribution in [0.15, 0.2) is 71.7 Å². The molecule has 0 N–H and O–H groups in total. The summed E-state index contributed by atoms with van der Waals surface area (Å²) in [5.74, 6) is -0.107. The Morgan fingerprint density at radius 3 is 2.56 bits per heavy atom. The first kappa shape index (κ1) is 15.8. The molecule has 4 rings (SSSR count). The van der Waals surface area contributed by atoms with Crippen LogP contribution in [0.1, 0.15) is 12.5 Å². The predicted molar refractivity (Wildman–Crippen MR) is 104 cm³/mol. The maximum absolute atomic E-state index is 12.4. The number of aryl methyl sites for hydroxylation is 1. The first-order valence-corrected chi connectivity index (χ1v) is 9.20. The zero-order chi connectivity index (χ0) is 17.2. The fourth-order valence-electron chi connectivity index (χ4n) is 3.11. The molecule has 0 saturated carbocycles. The van der Waals surface area contributed by atoms with E-state index < -0.39 is 0 Å². The van der Waals surface area contributed by atoms with Crippen LogP contribution in [0.3, 0.4) is 0 Å². The number of rotatable bonds is 3. The van der Waals surface area contributed by atoms with E-state index in [9.17, 15) is 4.79 Å². The molecular weight excluding hydrogens is 328 g/mol. The molecule has 0 atom stereocenters. The molecule has 0 aliphatic heterocycles. The van der Waals surface area contributed by atoms with E-state index in [2.05, 4.69) is 46.8 Å². The molecule has 0 spiro atoms. The second-order valence-corrected chi connectivity index (χ2v) is 6.91. The van der Waals surface area contributed by atoms with E-state index in [4.69, 9.17) is 0 Å². The monoisotopic (exact) mass is 346 g/mol. The zero-order valence-corrected chi connectivity index (χ0v) is 14.8. The molecule has 3 nitrogen and oxygen atoms in total. The summed E-state index contributed by atoms with van der Waals surface area (Å²) in [4.78, 5) is 17.6. The van der Waals surface area contributed by atoms with Gasteiger partial charge in [0.25, 0.3) is 5.91 Å². The Kier molecular flexibility index (Phi) is 4.20. The van der Waals surface area contributed by atoms with Crippen molar-refractivity contribution in [3.05, 3.63) is 77.1 Å². The number of carbonyl (C=O) groups excluding carboxylic acids is 1. The minimum absolute atomic E-state index is 0.107. The highest BCUT2D eigenvalue weighted by molar-refractivity contribution is 7.17. The number of hydrogen-bond acceptors (Lipinski definition) is 2. The van der Waals surface area contributed by atoms with Gasteiger partial charge in [-0.25, -0.2) is 0 Å². The topological polar surface area (TPSA) is 34.4 Å². The maximum atomic E-state index is 12.4. The van der Waals surface area contributed by atoms with Gasteiger partial charge in [-0.15, -0.1) is 0 Å². The number of fused-ring (bicyclic) bond motifs is 3. The molecule has 0 unspecified atom stereocenters. The van der Waals surface area contributed by atoms with Gasteiger partial charge in [0.2, 0.25) is 0 Å². The molecule has 0 aliphatic rings. The highest BCUT2D eigenvalue weighted by Crippen LogP contribution is 2.27. The fourth-order valence-corrected chi connectivity index (χ4v) is 4.35. The van der Waals surface area contributed by atoms with Crippen LogP contribution in [0, 0.1) is 0 Å². The van der Waals surface area contributed by atoms with Gasteiger partial charge in [0.05, 0.1) is 16.6 Å². The summed E-state index contributed by atoms with van der Waals surface area (Å²) in [6.07, 6.45) is 0.333. The number of aromatic nitrogens is 1. The number of benzene rings is 3. The summed E-state index contributed by atoms with van der Waals surface area (Å²) in [5.41, 5.74) is 2.13. The van der Waals surface area contributed by atoms with E-state index in [0.29, 0.717) is 6.42 Å². The van der Waals surface area contributed by atoms with E-state index in [1.54, 1.807) is 11.3 Å². The van der Waals surface area contributed by atoms with Crippen LogP contribution in [-0.2, 0) is 17.8 Å². The van der Waals surface area contributed by atoms with Crippen molar-refractivity contribution < 1.29 is 4.79 Å². The van der Waals surface area contributed by atoms with Gasteiger partial charge >= 0.3 is 0 Å². The van der Waals surface area contributed by atoms with Crippen LogP contribution in [0.5, 0.6) is 0 Å². The number of hydrogen-bond donors (Lipinski definition) is 0. The van der Waals surface area contributed by atoms with Gasteiger partial charge in [-0.05, 0) is 23.9 Å². The van der Waals surface area contributed by atoms with Crippen molar-refractivity contribution in [2.45, 2.75) is 19.9 Å². The van der Waals surface area contributed by atoms with Gasteiger partial charge in [0.1, 0.15) is 0 Å². The summed E-state index contributed by atoms with van der Waals surface area (Å²) < 4.78 is 3.31. The van der Waals surface area contributed by atoms with Crippen LogP contribution in [0.4, 0.5) is 0 Å². The fraction of sp³-hybridized carbons (Fsp3) is 0.143. The van der Waals surface area contributed by atoms with E-state index >= 15 is 0 Å². The maximum Gasteiger partial charge on any atom is 0.252 e. The van der Waals surface area contributed by atoms with Crippen LogP contribution in [0.2, 0.25) is 0 Å². The average Bonchev–Trinajstić information content (AvgIpc) is 2.99. The lowest BCUT2D eigenvalue weighted by molar-refractivity contribution is -0.117.